The minimum absolute atomic E-state index is 0.155. The maximum Gasteiger partial charge on any atom is 0.331 e. The summed E-state index contributed by atoms with van der Waals surface area (Å²) in [6, 6.07) is 4.25. The minimum atomic E-state index is -1.34. The van der Waals surface area contributed by atoms with Crippen LogP contribution < -0.4 is 15.4 Å². The largest absolute Gasteiger partial charge is 0.497 e. The van der Waals surface area contributed by atoms with Crippen molar-refractivity contribution < 1.29 is 33.7 Å². The molecule has 1 aliphatic heterocycles. The molecular formula is C21H31N3O7. The molecule has 1 aromatic rings. The molecule has 10 nitrogen and oxygen atoms in total. The highest BCUT2D eigenvalue weighted by Gasteiger charge is 2.33. The Morgan fingerprint density at radius 1 is 1.13 bits per heavy atom. The zero-order valence-electron chi connectivity index (χ0n) is 18.1. The first-order chi connectivity index (χ1) is 14.9. The topological polar surface area (TPSA) is 126 Å². The lowest BCUT2D eigenvalue weighted by Gasteiger charge is -2.27. The number of hydrogen-bond donors (Lipinski definition) is 3. The molecule has 3 N–H and O–H groups in total. The van der Waals surface area contributed by atoms with Gasteiger partial charge in [-0.15, -0.1) is 0 Å². The van der Waals surface area contributed by atoms with E-state index in [1.54, 1.807) is 31.2 Å². The van der Waals surface area contributed by atoms with Gasteiger partial charge in [0.15, 0.2) is 6.04 Å². The summed E-state index contributed by atoms with van der Waals surface area (Å²) >= 11 is 0. The summed E-state index contributed by atoms with van der Waals surface area (Å²) < 4.78 is 15.1. The molecule has 10 heteroatoms. The van der Waals surface area contributed by atoms with Gasteiger partial charge in [0.1, 0.15) is 17.9 Å². The van der Waals surface area contributed by atoms with Crippen LogP contribution in [0.5, 0.6) is 5.75 Å². The van der Waals surface area contributed by atoms with Gasteiger partial charge in [0.05, 0.1) is 34.0 Å². The second-order valence-electron chi connectivity index (χ2n) is 7.14. The van der Waals surface area contributed by atoms with Gasteiger partial charge in [-0.05, 0) is 24.1 Å². The third-order valence-electron chi connectivity index (χ3n) is 5.06. The number of nitrogens with zero attached hydrogens (tertiary/aromatic N) is 1. The molecule has 3 atom stereocenters. The Hall–Kier alpha value is -2.69. The van der Waals surface area contributed by atoms with Crippen molar-refractivity contribution in [3.8, 4) is 5.75 Å². The van der Waals surface area contributed by atoms with E-state index in [9.17, 15) is 19.5 Å². The van der Waals surface area contributed by atoms with Crippen LogP contribution in [-0.2, 0) is 23.9 Å². The molecule has 0 aromatic heterocycles. The second kappa shape index (κ2) is 12.2. The molecule has 3 unspecified atom stereocenters. The Bertz CT molecular complexity index is 735. The number of esters is 1. The minimum Gasteiger partial charge on any atom is -0.497 e. The molecule has 1 aromatic carbocycles. The van der Waals surface area contributed by atoms with Crippen LogP contribution in [0.25, 0.3) is 0 Å². The van der Waals surface area contributed by atoms with E-state index in [2.05, 4.69) is 10.6 Å². The summed E-state index contributed by atoms with van der Waals surface area (Å²) in [5.41, 5.74) is 0.404. The summed E-state index contributed by atoms with van der Waals surface area (Å²) in [6.07, 6.45) is -1.03. The van der Waals surface area contributed by atoms with Gasteiger partial charge in [-0.3, -0.25) is 14.5 Å². The molecule has 2 amide bonds. The maximum absolute atomic E-state index is 12.8. The molecule has 1 aliphatic rings. The third kappa shape index (κ3) is 7.20. The maximum atomic E-state index is 12.8. The van der Waals surface area contributed by atoms with Crippen LogP contribution in [-0.4, -0.2) is 86.9 Å². The SMILES string of the molecule is CCC(NC(=O)CN1CCOCC1)C(=O)NC(C(=O)OC)C(O)c1ccc(OC)cc1. The van der Waals surface area contributed by atoms with Crippen LogP contribution in [0.15, 0.2) is 24.3 Å². The van der Waals surface area contributed by atoms with Crippen LogP contribution in [0.2, 0.25) is 0 Å². The molecule has 0 bridgehead atoms. The summed E-state index contributed by atoms with van der Waals surface area (Å²) in [5, 5.41) is 15.9. The van der Waals surface area contributed by atoms with Crippen molar-refractivity contribution in [2.45, 2.75) is 31.5 Å². The van der Waals surface area contributed by atoms with Crippen molar-refractivity contribution in [1.82, 2.24) is 15.5 Å². The molecule has 0 saturated carbocycles. The molecule has 172 valence electrons. The van der Waals surface area contributed by atoms with Crippen molar-refractivity contribution in [3.05, 3.63) is 29.8 Å². The van der Waals surface area contributed by atoms with Crippen molar-refractivity contribution in [2.75, 3.05) is 47.1 Å². The fraction of sp³-hybridized carbons (Fsp3) is 0.571. The number of carbonyl (C=O) groups excluding carboxylic acids is 3. The number of amides is 2. The van der Waals surface area contributed by atoms with E-state index < -0.39 is 30.1 Å². The van der Waals surface area contributed by atoms with E-state index in [4.69, 9.17) is 14.2 Å². The summed E-state index contributed by atoms with van der Waals surface area (Å²) in [4.78, 5) is 39.3. The van der Waals surface area contributed by atoms with Gasteiger partial charge in [0.25, 0.3) is 0 Å². The fourth-order valence-electron chi connectivity index (χ4n) is 3.20. The molecule has 0 spiro atoms. The lowest BCUT2D eigenvalue weighted by molar-refractivity contribution is -0.149. The van der Waals surface area contributed by atoms with E-state index in [0.717, 1.165) is 0 Å². The van der Waals surface area contributed by atoms with Gasteiger partial charge in [-0.2, -0.15) is 0 Å². The highest BCUT2D eigenvalue weighted by Crippen LogP contribution is 2.21. The lowest BCUT2D eigenvalue weighted by atomic mass is 10.0. The average Bonchev–Trinajstić information content (AvgIpc) is 2.80. The molecule has 1 fully saturated rings. The number of morpholine rings is 1. The van der Waals surface area contributed by atoms with Gasteiger partial charge in [-0.1, -0.05) is 19.1 Å². The average molecular weight is 437 g/mol. The van der Waals surface area contributed by atoms with Crippen molar-refractivity contribution >= 4 is 17.8 Å². The summed E-state index contributed by atoms with van der Waals surface area (Å²) in [6.45, 7) is 4.32. The number of benzene rings is 1. The monoisotopic (exact) mass is 437 g/mol. The Morgan fingerprint density at radius 2 is 1.77 bits per heavy atom. The Morgan fingerprint density at radius 3 is 2.32 bits per heavy atom. The molecule has 0 radical (unpaired) electrons. The quantitative estimate of drug-likeness (QED) is 0.423. The van der Waals surface area contributed by atoms with E-state index in [1.807, 2.05) is 4.90 Å². The number of carbonyl (C=O) groups is 3. The van der Waals surface area contributed by atoms with E-state index in [-0.39, 0.29) is 12.5 Å². The van der Waals surface area contributed by atoms with Gasteiger partial charge < -0.3 is 30.0 Å². The number of aliphatic hydroxyl groups excluding tert-OH is 1. The van der Waals surface area contributed by atoms with Gasteiger partial charge in [0.2, 0.25) is 11.8 Å². The fourth-order valence-corrected chi connectivity index (χ4v) is 3.20. The molecular weight excluding hydrogens is 406 g/mol. The highest BCUT2D eigenvalue weighted by molar-refractivity contribution is 5.91. The molecule has 0 aliphatic carbocycles. The van der Waals surface area contributed by atoms with Gasteiger partial charge >= 0.3 is 5.97 Å². The first kappa shape index (κ1) is 24.6. The van der Waals surface area contributed by atoms with Crippen molar-refractivity contribution in [3.63, 3.8) is 0 Å². The third-order valence-corrected chi connectivity index (χ3v) is 5.06. The highest BCUT2D eigenvalue weighted by atomic mass is 16.5. The molecule has 31 heavy (non-hydrogen) atoms. The molecule has 1 heterocycles. The smallest absolute Gasteiger partial charge is 0.331 e. The van der Waals surface area contributed by atoms with Gasteiger partial charge in [-0.25, -0.2) is 4.79 Å². The zero-order valence-corrected chi connectivity index (χ0v) is 18.1. The van der Waals surface area contributed by atoms with Crippen LogP contribution >= 0.6 is 0 Å². The van der Waals surface area contributed by atoms with Crippen LogP contribution in [0.4, 0.5) is 0 Å². The lowest BCUT2D eigenvalue weighted by Crippen LogP contribution is -2.54. The Labute approximate surface area is 181 Å². The van der Waals surface area contributed by atoms with Crippen LogP contribution in [0, 0.1) is 0 Å². The number of rotatable bonds is 10. The van der Waals surface area contributed by atoms with E-state index >= 15 is 0 Å². The predicted molar refractivity (Wildman–Crippen MR) is 111 cm³/mol. The number of ether oxygens (including phenoxy) is 3. The van der Waals surface area contributed by atoms with Crippen LogP contribution in [0.3, 0.4) is 0 Å². The second-order valence-corrected chi connectivity index (χ2v) is 7.14. The number of hydrogen-bond acceptors (Lipinski definition) is 8. The van der Waals surface area contributed by atoms with Crippen molar-refractivity contribution in [2.24, 2.45) is 0 Å². The van der Waals surface area contributed by atoms with Crippen molar-refractivity contribution in [1.29, 1.82) is 0 Å². The van der Waals surface area contributed by atoms with Crippen LogP contribution in [0.1, 0.15) is 25.0 Å². The molecule has 2 rings (SSSR count). The first-order valence-corrected chi connectivity index (χ1v) is 10.2. The number of aliphatic hydroxyl groups is 1. The number of nitrogens with one attached hydrogen (secondary N) is 2. The normalized spacial score (nSPS) is 17.2. The van der Waals surface area contributed by atoms with Gasteiger partial charge in [0, 0.05) is 13.1 Å². The first-order valence-electron chi connectivity index (χ1n) is 10.2. The van der Waals surface area contributed by atoms with E-state index in [1.165, 1.54) is 14.2 Å². The molecule has 1 saturated heterocycles. The Kier molecular flexibility index (Phi) is 9.70. The summed E-state index contributed by atoms with van der Waals surface area (Å²) in [5.74, 6) is -1.09. The summed E-state index contributed by atoms with van der Waals surface area (Å²) in [7, 11) is 2.69. The zero-order chi connectivity index (χ0) is 22.8. The standard InChI is InChI=1S/C21H31N3O7/c1-4-16(22-17(25)13-24-9-11-31-12-10-24)20(27)23-18(21(28)30-3)19(26)14-5-7-15(29-2)8-6-14/h5-8,16,18-19,26H,4,9-13H2,1-3H3,(H,22,25)(H,23,27). The Balaban J connectivity index is 2.02. The van der Waals surface area contributed by atoms with E-state index in [0.29, 0.717) is 44.0 Å². The number of methoxy groups -OCH3 is 2. The predicted octanol–water partition coefficient (Wildman–Crippen LogP) is -0.387.